The van der Waals surface area contributed by atoms with Crippen LogP contribution in [0.3, 0.4) is 0 Å². The molecule has 0 saturated heterocycles. The van der Waals surface area contributed by atoms with E-state index in [4.69, 9.17) is 0 Å². The number of anilines is 1. The summed E-state index contributed by atoms with van der Waals surface area (Å²) in [7, 11) is 0. The summed E-state index contributed by atoms with van der Waals surface area (Å²) in [5.41, 5.74) is 0.608. The van der Waals surface area contributed by atoms with Gasteiger partial charge in [0.25, 0.3) is 0 Å². The fourth-order valence-electron chi connectivity index (χ4n) is 1.59. The monoisotopic (exact) mass is 287 g/mol. The number of rotatable bonds is 3. The van der Waals surface area contributed by atoms with Gasteiger partial charge in [0.2, 0.25) is 0 Å². The normalized spacial score (nSPS) is 11.6. The highest BCUT2D eigenvalue weighted by Gasteiger charge is 2.31. The van der Waals surface area contributed by atoms with Gasteiger partial charge in [-0.15, -0.1) is 11.3 Å². The number of pyridine rings is 1. The van der Waals surface area contributed by atoms with E-state index in [2.05, 4.69) is 15.3 Å². The Morgan fingerprint density at radius 1 is 1.26 bits per heavy atom. The van der Waals surface area contributed by atoms with Crippen LogP contribution in [0.1, 0.15) is 21.3 Å². The Balaban J connectivity index is 2.02. The van der Waals surface area contributed by atoms with Crippen molar-refractivity contribution in [2.75, 3.05) is 5.32 Å². The molecular formula is C12H12F3N3S. The first-order valence-electron chi connectivity index (χ1n) is 5.56. The lowest BCUT2D eigenvalue weighted by Crippen LogP contribution is -2.08. The summed E-state index contributed by atoms with van der Waals surface area (Å²) in [6.07, 6.45) is -3.21. The topological polar surface area (TPSA) is 37.8 Å². The van der Waals surface area contributed by atoms with Crippen molar-refractivity contribution in [3.8, 4) is 0 Å². The minimum absolute atomic E-state index is 0.532. The van der Waals surface area contributed by atoms with E-state index in [1.54, 1.807) is 11.3 Å². The van der Waals surface area contributed by atoms with Gasteiger partial charge in [-0.2, -0.15) is 13.2 Å². The van der Waals surface area contributed by atoms with Crippen molar-refractivity contribution in [1.82, 2.24) is 9.97 Å². The van der Waals surface area contributed by atoms with Gasteiger partial charge in [-0.1, -0.05) is 0 Å². The second-order valence-electron chi connectivity index (χ2n) is 4.02. The molecule has 0 aliphatic rings. The van der Waals surface area contributed by atoms with Crippen molar-refractivity contribution in [1.29, 1.82) is 0 Å². The predicted molar refractivity (Wildman–Crippen MR) is 68.2 cm³/mol. The Kier molecular flexibility index (Phi) is 3.75. The van der Waals surface area contributed by atoms with E-state index in [9.17, 15) is 13.2 Å². The maximum absolute atomic E-state index is 12.3. The molecule has 0 radical (unpaired) electrons. The van der Waals surface area contributed by atoms with Crippen molar-refractivity contribution < 1.29 is 13.2 Å². The molecule has 3 nitrogen and oxygen atoms in total. The van der Waals surface area contributed by atoms with Crippen LogP contribution in [0, 0.1) is 13.8 Å². The minimum Gasteiger partial charge on any atom is -0.379 e. The van der Waals surface area contributed by atoms with Gasteiger partial charge in [0.1, 0.15) is 5.69 Å². The lowest BCUT2D eigenvalue weighted by molar-refractivity contribution is -0.141. The molecule has 0 spiro atoms. The fraction of sp³-hybridized carbons (Fsp3) is 0.333. The van der Waals surface area contributed by atoms with Crippen LogP contribution in [-0.2, 0) is 12.7 Å². The van der Waals surface area contributed by atoms with Gasteiger partial charge in [-0.3, -0.25) is 0 Å². The van der Waals surface area contributed by atoms with Crippen LogP contribution in [0.4, 0.5) is 18.9 Å². The molecule has 0 aromatic carbocycles. The highest BCUT2D eigenvalue weighted by atomic mass is 32.1. The van der Waals surface area contributed by atoms with Gasteiger partial charge in [0.15, 0.2) is 0 Å². The smallest absolute Gasteiger partial charge is 0.379 e. The van der Waals surface area contributed by atoms with Crippen molar-refractivity contribution >= 4 is 17.0 Å². The summed E-state index contributed by atoms with van der Waals surface area (Å²) < 4.78 is 37.0. The molecule has 19 heavy (non-hydrogen) atoms. The molecule has 2 aromatic rings. The number of halogens is 3. The third kappa shape index (κ3) is 3.44. The zero-order chi connectivity index (χ0) is 14.0. The molecule has 0 atom stereocenters. The first kappa shape index (κ1) is 13.8. The predicted octanol–water partition coefficient (Wildman–Crippen LogP) is 3.79. The molecule has 0 aliphatic heterocycles. The van der Waals surface area contributed by atoms with Crippen LogP contribution in [0.15, 0.2) is 18.3 Å². The largest absolute Gasteiger partial charge is 0.433 e. The van der Waals surface area contributed by atoms with E-state index in [1.165, 1.54) is 12.3 Å². The molecule has 2 rings (SSSR count). The van der Waals surface area contributed by atoms with Crippen molar-refractivity contribution in [3.63, 3.8) is 0 Å². The second-order valence-corrected chi connectivity index (χ2v) is 5.31. The number of thiazole rings is 1. The van der Waals surface area contributed by atoms with Gasteiger partial charge in [0.05, 0.1) is 29.1 Å². The molecule has 2 aromatic heterocycles. The Labute approximate surface area is 112 Å². The van der Waals surface area contributed by atoms with E-state index in [0.29, 0.717) is 12.2 Å². The molecule has 0 amide bonds. The van der Waals surface area contributed by atoms with E-state index < -0.39 is 11.9 Å². The average molecular weight is 287 g/mol. The van der Waals surface area contributed by atoms with Crippen molar-refractivity contribution in [2.24, 2.45) is 0 Å². The average Bonchev–Trinajstić information content (AvgIpc) is 2.65. The highest BCUT2D eigenvalue weighted by Crippen LogP contribution is 2.28. The van der Waals surface area contributed by atoms with E-state index >= 15 is 0 Å². The van der Waals surface area contributed by atoms with Crippen molar-refractivity contribution in [3.05, 3.63) is 39.6 Å². The standard InChI is InChI=1S/C12H12F3N3S/c1-7-10(19-8(2)18-7)6-16-9-3-4-11(17-5-9)12(13,14)15/h3-5,16H,6H2,1-2H3. The zero-order valence-electron chi connectivity index (χ0n) is 10.4. The molecule has 102 valence electrons. The molecule has 0 saturated carbocycles. The van der Waals surface area contributed by atoms with Crippen LogP contribution < -0.4 is 5.32 Å². The summed E-state index contributed by atoms with van der Waals surface area (Å²) in [6.45, 7) is 4.36. The third-order valence-corrected chi connectivity index (χ3v) is 3.58. The molecule has 0 unspecified atom stereocenters. The molecular weight excluding hydrogens is 275 g/mol. The van der Waals surface area contributed by atoms with E-state index in [0.717, 1.165) is 21.6 Å². The number of aromatic nitrogens is 2. The van der Waals surface area contributed by atoms with Gasteiger partial charge in [-0.05, 0) is 26.0 Å². The van der Waals surface area contributed by atoms with Gasteiger partial charge in [-0.25, -0.2) is 9.97 Å². The van der Waals surface area contributed by atoms with Crippen LogP contribution >= 0.6 is 11.3 Å². The maximum atomic E-state index is 12.3. The molecule has 0 aliphatic carbocycles. The SMILES string of the molecule is Cc1nc(C)c(CNc2ccc(C(F)(F)F)nc2)s1. The number of nitrogens with zero attached hydrogens (tertiary/aromatic N) is 2. The van der Waals surface area contributed by atoms with Crippen molar-refractivity contribution in [2.45, 2.75) is 26.6 Å². The first-order valence-corrected chi connectivity index (χ1v) is 6.38. The van der Waals surface area contributed by atoms with E-state index in [1.807, 2.05) is 13.8 Å². The summed E-state index contributed by atoms with van der Waals surface area (Å²) in [6, 6.07) is 2.34. The lowest BCUT2D eigenvalue weighted by atomic mass is 10.3. The lowest BCUT2D eigenvalue weighted by Gasteiger charge is -2.08. The third-order valence-electron chi connectivity index (χ3n) is 2.51. The molecule has 0 bridgehead atoms. The molecule has 2 heterocycles. The Hall–Kier alpha value is -1.63. The van der Waals surface area contributed by atoms with Crippen LogP contribution in [-0.4, -0.2) is 9.97 Å². The molecule has 0 fully saturated rings. The summed E-state index contributed by atoms with van der Waals surface area (Å²) >= 11 is 1.57. The number of nitrogens with one attached hydrogen (secondary N) is 1. The highest BCUT2D eigenvalue weighted by molar-refractivity contribution is 7.11. The fourth-order valence-corrected chi connectivity index (χ4v) is 2.46. The molecule has 7 heteroatoms. The van der Waals surface area contributed by atoms with Gasteiger partial charge >= 0.3 is 6.18 Å². The Morgan fingerprint density at radius 3 is 2.47 bits per heavy atom. The second kappa shape index (κ2) is 5.16. The van der Waals surface area contributed by atoms with Crippen LogP contribution in [0.5, 0.6) is 0 Å². The Bertz CT molecular complexity index is 561. The number of hydrogen-bond donors (Lipinski definition) is 1. The zero-order valence-corrected chi connectivity index (χ0v) is 11.2. The first-order chi connectivity index (χ1) is 8.86. The number of aryl methyl sites for hydroxylation is 2. The Morgan fingerprint density at radius 2 is 2.00 bits per heavy atom. The van der Waals surface area contributed by atoms with Gasteiger partial charge in [0, 0.05) is 4.88 Å². The summed E-state index contributed by atoms with van der Waals surface area (Å²) in [5, 5.41) is 4.01. The number of alkyl halides is 3. The maximum Gasteiger partial charge on any atom is 0.433 e. The number of hydrogen-bond acceptors (Lipinski definition) is 4. The minimum atomic E-state index is -4.40. The van der Waals surface area contributed by atoms with Crippen LogP contribution in [0.25, 0.3) is 0 Å². The summed E-state index contributed by atoms with van der Waals surface area (Å²) in [5.74, 6) is 0. The summed E-state index contributed by atoms with van der Waals surface area (Å²) in [4.78, 5) is 8.74. The molecule has 1 N–H and O–H groups in total. The van der Waals surface area contributed by atoms with Crippen LogP contribution in [0.2, 0.25) is 0 Å². The quantitative estimate of drug-likeness (QED) is 0.933. The van der Waals surface area contributed by atoms with E-state index in [-0.39, 0.29) is 0 Å². The van der Waals surface area contributed by atoms with Gasteiger partial charge < -0.3 is 5.32 Å².